The largest absolute Gasteiger partial charge is 0.490 e. The van der Waals surface area contributed by atoms with Gasteiger partial charge in [0.1, 0.15) is 29.9 Å². The Balaban J connectivity index is 1.73. The average molecular weight is 537 g/mol. The summed E-state index contributed by atoms with van der Waals surface area (Å²) in [6, 6.07) is 1.04. The number of aromatic nitrogens is 3. The van der Waals surface area contributed by atoms with Gasteiger partial charge in [-0.3, -0.25) is 9.32 Å². The lowest BCUT2D eigenvalue weighted by molar-refractivity contribution is -0.0226. The second-order valence-corrected chi connectivity index (χ2v) is 10.9. The highest BCUT2D eigenvalue weighted by molar-refractivity contribution is 7.66. The van der Waals surface area contributed by atoms with Gasteiger partial charge in [-0.1, -0.05) is 0 Å². The van der Waals surface area contributed by atoms with Crippen molar-refractivity contribution in [2.45, 2.75) is 24.4 Å². The molecule has 2 aromatic heterocycles. The molecule has 1 fully saturated rings. The first-order valence-corrected chi connectivity index (χ1v) is 12.9. The first kappa shape index (κ1) is 26.1. The zero-order valence-electron chi connectivity index (χ0n) is 15.7. The molecule has 3 rings (SSSR count). The number of ether oxygens (including phenoxy) is 1. The zero-order chi connectivity index (χ0) is 24.8. The van der Waals surface area contributed by atoms with Crippen LogP contribution in [0.15, 0.2) is 17.1 Å². The van der Waals surface area contributed by atoms with Crippen LogP contribution in [-0.4, -0.2) is 69.7 Å². The van der Waals surface area contributed by atoms with Gasteiger partial charge in [0.25, 0.3) is 5.56 Å². The van der Waals surface area contributed by atoms with Crippen molar-refractivity contribution in [1.29, 1.82) is 0 Å². The standard InChI is InChI=1S/C12H15FN3O14P3/c13-7-2-14-11-5(15-7)1-4(12(19)16-11)10-9(18)8(17)6(28-10)3-27-32(23,24)30-33(25,26)29-31(20,21)22/h1-2,6,8-10,17-18H,3H2,(H,23,24)(H,25,26)(H,14,16,19)(H2,20,21,22)/t6-,8?,9+,10+/m1/s1. The van der Waals surface area contributed by atoms with Gasteiger partial charge in [-0.2, -0.15) is 13.0 Å². The van der Waals surface area contributed by atoms with E-state index in [1.807, 2.05) is 0 Å². The van der Waals surface area contributed by atoms with Crippen molar-refractivity contribution in [1.82, 2.24) is 15.0 Å². The maximum Gasteiger partial charge on any atom is 0.490 e. The van der Waals surface area contributed by atoms with Gasteiger partial charge in [-0.25, -0.2) is 23.7 Å². The number of aliphatic hydroxyl groups excluding tert-OH is 2. The van der Waals surface area contributed by atoms with Crippen molar-refractivity contribution >= 4 is 34.6 Å². The molecule has 3 heterocycles. The number of nitrogens with zero attached hydrogens (tertiary/aromatic N) is 2. The second kappa shape index (κ2) is 9.28. The third kappa shape index (κ3) is 6.55. The molecule has 1 aliphatic rings. The van der Waals surface area contributed by atoms with Gasteiger partial charge < -0.3 is 39.5 Å². The molecule has 1 saturated heterocycles. The summed E-state index contributed by atoms with van der Waals surface area (Å²) in [4.78, 5) is 57.2. The summed E-state index contributed by atoms with van der Waals surface area (Å²) in [6.07, 6.45) is -6.02. The van der Waals surface area contributed by atoms with Crippen LogP contribution in [0.5, 0.6) is 0 Å². The molecule has 7 N–H and O–H groups in total. The number of aliphatic hydroxyl groups is 2. The molecule has 21 heteroatoms. The highest BCUT2D eigenvalue weighted by Crippen LogP contribution is 2.66. The number of rotatable bonds is 8. The number of phosphoric ester groups is 1. The van der Waals surface area contributed by atoms with Crippen LogP contribution in [0.3, 0.4) is 0 Å². The Kier molecular flexibility index (Phi) is 7.34. The van der Waals surface area contributed by atoms with Crippen molar-refractivity contribution in [2.75, 3.05) is 6.61 Å². The molecule has 0 bridgehead atoms. The van der Waals surface area contributed by atoms with E-state index in [1.54, 1.807) is 0 Å². The molecule has 6 atom stereocenters. The van der Waals surface area contributed by atoms with E-state index < -0.39 is 66.0 Å². The molecule has 0 aliphatic carbocycles. The molecule has 1 aliphatic heterocycles. The van der Waals surface area contributed by atoms with Crippen LogP contribution < -0.4 is 5.56 Å². The van der Waals surface area contributed by atoms with Gasteiger partial charge in [0, 0.05) is 0 Å². The molecule has 0 amide bonds. The Labute approximate surface area is 181 Å². The normalized spacial score (nSPS) is 27.4. The Morgan fingerprint density at radius 3 is 2.39 bits per heavy atom. The smallest absolute Gasteiger partial charge is 0.387 e. The lowest BCUT2D eigenvalue weighted by atomic mass is 10.0. The van der Waals surface area contributed by atoms with E-state index in [4.69, 9.17) is 19.4 Å². The van der Waals surface area contributed by atoms with E-state index in [9.17, 15) is 38.0 Å². The fraction of sp³-hybridized carbons (Fsp3) is 0.417. The maximum absolute atomic E-state index is 13.3. The highest BCUT2D eigenvalue weighted by Gasteiger charge is 2.47. The van der Waals surface area contributed by atoms with Gasteiger partial charge in [-0.05, 0) is 6.07 Å². The fourth-order valence-corrected chi connectivity index (χ4v) is 5.83. The summed E-state index contributed by atoms with van der Waals surface area (Å²) in [7, 11) is -16.9. The van der Waals surface area contributed by atoms with Crippen molar-refractivity contribution in [2.24, 2.45) is 0 Å². The second-order valence-electron chi connectivity index (χ2n) is 6.44. The molecule has 0 radical (unpaired) electrons. The third-order valence-electron chi connectivity index (χ3n) is 4.04. The molecule has 0 spiro atoms. The molecule has 184 valence electrons. The lowest BCUT2D eigenvalue weighted by Gasteiger charge is -2.19. The van der Waals surface area contributed by atoms with Gasteiger partial charge >= 0.3 is 23.5 Å². The minimum atomic E-state index is -5.76. The quantitative estimate of drug-likeness (QED) is 0.198. The van der Waals surface area contributed by atoms with E-state index in [1.165, 1.54) is 0 Å². The van der Waals surface area contributed by atoms with Crippen molar-refractivity contribution in [3.63, 3.8) is 0 Å². The minimum absolute atomic E-state index is 0.0811. The van der Waals surface area contributed by atoms with Crippen molar-refractivity contribution in [3.8, 4) is 0 Å². The first-order chi connectivity index (χ1) is 15.1. The number of pyridine rings is 1. The monoisotopic (exact) mass is 537 g/mol. The number of halogens is 1. The highest BCUT2D eigenvalue weighted by atomic mass is 31.3. The van der Waals surface area contributed by atoms with Crippen molar-refractivity contribution in [3.05, 3.63) is 34.1 Å². The number of hydrogen-bond acceptors (Lipinski definition) is 12. The van der Waals surface area contributed by atoms with Gasteiger partial charge in [0.05, 0.1) is 18.4 Å². The van der Waals surface area contributed by atoms with E-state index in [2.05, 4.69) is 28.1 Å². The van der Waals surface area contributed by atoms with Gasteiger partial charge in [-0.15, -0.1) is 0 Å². The van der Waals surface area contributed by atoms with Crippen LogP contribution in [0.1, 0.15) is 11.7 Å². The summed E-state index contributed by atoms with van der Waals surface area (Å²) >= 11 is 0. The zero-order valence-corrected chi connectivity index (χ0v) is 18.4. The average Bonchev–Trinajstić information content (AvgIpc) is 2.91. The van der Waals surface area contributed by atoms with E-state index >= 15 is 0 Å². The Bertz CT molecular complexity index is 1250. The van der Waals surface area contributed by atoms with E-state index in [-0.39, 0.29) is 16.7 Å². The molecule has 33 heavy (non-hydrogen) atoms. The van der Waals surface area contributed by atoms with E-state index in [0.29, 0.717) is 0 Å². The third-order valence-corrected chi connectivity index (χ3v) is 7.85. The summed E-state index contributed by atoms with van der Waals surface area (Å²) in [6.45, 7) is -1.07. The number of nitrogens with one attached hydrogen (secondary N) is 1. The number of fused-ring (bicyclic) bond motifs is 1. The first-order valence-electron chi connectivity index (χ1n) is 8.42. The molecule has 0 saturated carbocycles. The SMILES string of the molecule is O=c1[nH]c2ncc(F)nc2cc1[C@@H]1O[C@H](COP(=O)(O)OP(=O)(O)OP(=O)(O)O)C(O)[C@@H]1O. The molecule has 17 nitrogen and oxygen atoms in total. The topological polar surface area (TPSA) is 268 Å². The number of aromatic amines is 1. The molecule has 2 aromatic rings. The fourth-order valence-electron chi connectivity index (χ4n) is 2.80. The minimum Gasteiger partial charge on any atom is -0.387 e. The van der Waals surface area contributed by atoms with Crippen LogP contribution in [0, 0.1) is 5.95 Å². The van der Waals surface area contributed by atoms with Gasteiger partial charge in [0.2, 0.25) is 5.95 Å². The summed E-state index contributed by atoms with van der Waals surface area (Å²) in [5.41, 5.74) is -1.35. The maximum atomic E-state index is 13.3. The lowest BCUT2D eigenvalue weighted by Crippen LogP contribution is -2.33. The Hall–Kier alpha value is -1.49. The van der Waals surface area contributed by atoms with Crippen LogP contribution >= 0.6 is 23.5 Å². The molecular formula is C12H15FN3O14P3. The van der Waals surface area contributed by atoms with Crippen LogP contribution in [-0.2, 0) is 31.6 Å². The summed E-state index contributed by atoms with van der Waals surface area (Å²) in [5.74, 6) is -0.970. The Morgan fingerprint density at radius 1 is 1.09 bits per heavy atom. The van der Waals surface area contributed by atoms with Gasteiger partial charge in [0.15, 0.2) is 5.65 Å². The predicted molar refractivity (Wildman–Crippen MR) is 99.6 cm³/mol. The predicted octanol–water partition coefficient (Wildman–Crippen LogP) is -1.04. The number of H-pyrrole nitrogens is 1. The van der Waals surface area contributed by atoms with Crippen LogP contribution in [0.2, 0.25) is 0 Å². The van der Waals surface area contributed by atoms with Crippen molar-refractivity contribution < 1.29 is 65.8 Å². The van der Waals surface area contributed by atoms with Crippen LogP contribution in [0.4, 0.5) is 4.39 Å². The van der Waals surface area contributed by atoms with E-state index in [0.717, 1.165) is 12.3 Å². The summed E-state index contributed by atoms with van der Waals surface area (Å²) < 4.78 is 63.7. The molecular weight excluding hydrogens is 522 g/mol. The van der Waals surface area contributed by atoms with Crippen LogP contribution in [0.25, 0.3) is 11.2 Å². The molecule has 0 aromatic carbocycles. The number of hydrogen-bond donors (Lipinski definition) is 7. The summed E-state index contributed by atoms with van der Waals surface area (Å²) in [5, 5.41) is 20.3. The Morgan fingerprint density at radius 2 is 1.76 bits per heavy atom. The number of phosphoric acid groups is 3. The molecule has 3 unspecified atom stereocenters.